The maximum Gasteiger partial charge on any atom is 0.250 e. The molecule has 0 atom stereocenters. The van der Waals surface area contributed by atoms with Crippen molar-refractivity contribution in [3.05, 3.63) is 22.7 Å². The maximum atomic E-state index is 11.5. The molecule has 0 radical (unpaired) electrons. The predicted octanol–water partition coefficient (Wildman–Crippen LogP) is 2.31. The van der Waals surface area contributed by atoms with Gasteiger partial charge in [-0.2, -0.15) is 0 Å². The Labute approximate surface area is 130 Å². The number of hydrogen-bond acceptors (Lipinski definition) is 4. The van der Waals surface area contributed by atoms with Gasteiger partial charge in [-0.1, -0.05) is 24.4 Å². The topological polar surface area (TPSA) is 84.4 Å². The predicted molar refractivity (Wildman–Crippen MR) is 87.8 cm³/mol. The van der Waals surface area contributed by atoms with Crippen molar-refractivity contribution in [3.63, 3.8) is 0 Å². The third-order valence-corrected chi connectivity index (χ3v) is 4.39. The van der Waals surface area contributed by atoms with Gasteiger partial charge in [0.25, 0.3) is 5.91 Å². The molecule has 1 aromatic rings. The first-order chi connectivity index (χ1) is 9.99. The third kappa shape index (κ3) is 4.02. The van der Waals surface area contributed by atoms with E-state index in [4.69, 9.17) is 23.1 Å². The summed E-state index contributed by atoms with van der Waals surface area (Å²) in [6.45, 7) is 1.60. The van der Waals surface area contributed by atoms with Crippen LogP contribution in [0.5, 0.6) is 0 Å². The largest absolute Gasteiger partial charge is 0.399 e. The number of amides is 1. The van der Waals surface area contributed by atoms with Crippen LogP contribution in [0.4, 0.5) is 11.4 Å². The first-order valence-electron chi connectivity index (χ1n) is 7.32. The van der Waals surface area contributed by atoms with Crippen molar-refractivity contribution in [1.82, 2.24) is 4.90 Å². The summed E-state index contributed by atoms with van der Waals surface area (Å²) in [6.07, 6.45) is 5.17. The molecule has 1 fully saturated rings. The van der Waals surface area contributed by atoms with E-state index in [9.17, 15) is 4.79 Å². The molecule has 1 aliphatic carbocycles. The zero-order valence-electron chi connectivity index (χ0n) is 12.4. The van der Waals surface area contributed by atoms with E-state index in [1.54, 1.807) is 12.1 Å². The highest BCUT2D eigenvalue weighted by Gasteiger charge is 2.19. The molecule has 5 N–H and O–H groups in total. The highest BCUT2D eigenvalue weighted by atomic mass is 35.5. The van der Waals surface area contributed by atoms with Gasteiger partial charge in [-0.3, -0.25) is 4.79 Å². The number of nitrogens with zero attached hydrogens (tertiary/aromatic N) is 1. The summed E-state index contributed by atoms with van der Waals surface area (Å²) in [6, 6.07) is 3.85. The molecule has 0 heterocycles. The fourth-order valence-electron chi connectivity index (χ4n) is 2.89. The Morgan fingerprint density at radius 3 is 2.71 bits per heavy atom. The Kier molecular flexibility index (Phi) is 5.31. The lowest BCUT2D eigenvalue weighted by atomic mass is 10.1. The van der Waals surface area contributed by atoms with Gasteiger partial charge >= 0.3 is 0 Å². The first-order valence-corrected chi connectivity index (χ1v) is 7.69. The number of nitrogens with one attached hydrogen (secondary N) is 1. The van der Waals surface area contributed by atoms with Crippen LogP contribution in [-0.2, 0) is 0 Å². The fourth-order valence-corrected chi connectivity index (χ4v) is 3.18. The summed E-state index contributed by atoms with van der Waals surface area (Å²) in [5.74, 6) is -0.532. The van der Waals surface area contributed by atoms with Gasteiger partial charge in [0.1, 0.15) is 0 Å². The molecule has 6 heteroatoms. The van der Waals surface area contributed by atoms with Crippen molar-refractivity contribution in [2.75, 3.05) is 31.2 Å². The van der Waals surface area contributed by atoms with E-state index >= 15 is 0 Å². The van der Waals surface area contributed by atoms with Crippen LogP contribution in [0.2, 0.25) is 5.02 Å². The molecule has 1 saturated carbocycles. The second kappa shape index (κ2) is 7.00. The van der Waals surface area contributed by atoms with Crippen LogP contribution in [0, 0.1) is 0 Å². The Bertz CT molecular complexity index is 515. The van der Waals surface area contributed by atoms with Gasteiger partial charge in [0, 0.05) is 24.8 Å². The van der Waals surface area contributed by atoms with E-state index < -0.39 is 5.91 Å². The van der Waals surface area contributed by atoms with E-state index in [1.807, 2.05) is 0 Å². The lowest BCUT2D eigenvalue weighted by Crippen LogP contribution is -2.33. The lowest BCUT2D eigenvalue weighted by Gasteiger charge is -2.24. The molecule has 0 bridgehead atoms. The van der Waals surface area contributed by atoms with E-state index in [-0.39, 0.29) is 0 Å². The van der Waals surface area contributed by atoms with Gasteiger partial charge in [0.2, 0.25) is 0 Å². The van der Waals surface area contributed by atoms with Gasteiger partial charge in [-0.15, -0.1) is 0 Å². The normalized spacial score (nSPS) is 15.6. The average Bonchev–Trinajstić information content (AvgIpc) is 2.94. The highest BCUT2D eigenvalue weighted by molar-refractivity contribution is 6.34. The zero-order valence-corrected chi connectivity index (χ0v) is 13.1. The van der Waals surface area contributed by atoms with Crippen LogP contribution in [0.15, 0.2) is 12.1 Å². The van der Waals surface area contributed by atoms with Gasteiger partial charge in [0.05, 0.1) is 16.3 Å². The van der Waals surface area contributed by atoms with E-state index in [2.05, 4.69) is 17.3 Å². The molecule has 5 nitrogen and oxygen atoms in total. The Hall–Kier alpha value is -1.46. The number of primary amides is 1. The van der Waals surface area contributed by atoms with Crippen LogP contribution in [0.3, 0.4) is 0 Å². The lowest BCUT2D eigenvalue weighted by molar-refractivity contribution is 0.100. The number of nitrogens with two attached hydrogens (primary N) is 2. The second-order valence-electron chi connectivity index (χ2n) is 5.64. The van der Waals surface area contributed by atoms with Crippen molar-refractivity contribution in [3.8, 4) is 0 Å². The first kappa shape index (κ1) is 15.9. The third-order valence-electron chi connectivity index (χ3n) is 4.09. The molecule has 0 aliphatic heterocycles. The second-order valence-corrected chi connectivity index (χ2v) is 6.04. The average molecular weight is 311 g/mol. The highest BCUT2D eigenvalue weighted by Crippen LogP contribution is 2.29. The molecular formula is C15H23ClN4O. The number of anilines is 2. The maximum absolute atomic E-state index is 11.5. The Balaban J connectivity index is 1.97. The molecular weight excluding hydrogens is 288 g/mol. The number of halogens is 1. The summed E-state index contributed by atoms with van der Waals surface area (Å²) in [5.41, 5.74) is 12.4. The van der Waals surface area contributed by atoms with Crippen molar-refractivity contribution in [2.24, 2.45) is 5.73 Å². The van der Waals surface area contributed by atoms with Crippen molar-refractivity contribution in [1.29, 1.82) is 0 Å². The number of carbonyl (C=O) groups is 1. The van der Waals surface area contributed by atoms with Crippen LogP contribution < -0.4 is 16.8 Å². The smallest absolute Gasteiger partial charge is 0.250 e. The van der Waals surface area contributed by atoms with E-state index in [1.165, 1.54) is 25.7 Å². The number of hydrogen-bond donors (Lipinski definition) is 3. The monoisotopic (exact) mass is 310 g/mol. The number of carbonyl (C=O) groups excluding carboxylic acids is 1. The van der Waals surface area contributed by atoms with Gasteiger partial charge in [0.15, 0.2) is 0 Å². The quantitative estimate of drug-likeness (QED) is 0.704. The van der Waals surface area contributed by atoms with Crippen molar-refractivity contribution < 1.29 is 4.79 Å². The molecule has 21 heavy (non-hydrogen) atoms. The van der Waals surface area contributed by atoms with Crippen LogP contribution in [0.1, 0.15) is 36.0 Å². The molecule has 1 aromatic carbocycles. The van der Waals surface area contributed by atoms with Gasteiger partial charge in [-0.25, -0.2) is 0 Å². The zero-order chi connectivity index (χ0) is 15.4. The molecule has 0 unspecified atom stereocenters. The molecule has 0 spiro atoms. The summed E-state index contributed by atoms with van der Waals surface area (Å²) < 4.78 is 0. The molecule has 1 aliphatic rings. The number of likely N-dealkylation sites (N-methyl/N-ethyl adjacent to an activating group) is 1. The van der Waals surface area contributed by atoms with Crippen molar-refractivity contribution >= 4 is 28.9 Å². The summed E-state index contributed by atoms with van der Waals surface area (Å²) in [4.78, 5) is 13.8. The molecule has 0 saturated heterocycles. The fraction of sp³-hybridized carbons (Fsp3) is 0.533. The van der Waals surface area contributed by atoms with Crippen LogP contribution in [0.25, 0.3) is 0 Å². The summed E-state index contributed by atoms with van der Waals surface area (Å²) >= 11 is 6.16. The van der Waals surface area contributed by atoms with E-state index in [0.29, 0.717) is 34.5 Å². The standard InChI is InChI=1S/C15H23ClN4O/c1-20(11-4-2-3-5-11)7-6-19-14-12(15(18)21)8-10(17)9-13(14)16/h8-9,11,19H,2-7,17H2,1H3,(H2,18,21). The SMILES string of the molecule is CN(CCNc1c(Cl)cc(N)cc1C(N)=O)C1CCCC1. The molecule has 0 aromatic heterocycles. The number of nitrogen functional groups attached to an aromatic ring is 1. The molecule has 116 valence electrons. The molecule has 2 rings (SSSR count). The summed E-state index contributed by atoms with van der Waals surface area (Å²) in [7, 11) is 2.14. The Morgan fingerprint density at radius 2 is 2.10 bits per heavy atom. The van der Waals surface area contributed by atoms with Crippen LogP contribution in [-0.4, -0.2) is 37.0 Å². The molecule has 1 amide bonds. The Morgan fingerprint density at radius 1 is 1.43 bits per heavy atom. The minimum atomic E-state index is -0.532. The van der Waals surface area contributed by atoms with Gasteiger partial charge in [-0.05, 0) is 32.0 Å². The number of rotatable bonds is 6. The number of benzene rings is 1. The summed E-state index contributed by atoms with van der Waals surface area (Å²) in [5, 5.41) is 3.64. The minimum absolute atomic E-state index is 0.337. The van der Waals surface area contributed by atoms with Crippen molar-refractivity contribution in [2.45, 2.75) is 31.7 Å². The van der Waals surface area contributed by atoms with E-state index in [0.717, 1.165) is 6.54 Å². The van der Waals surface area contributed by atoms with Gasteiger partial charge < -0.3 is 21.7 Å². The van der Waals surface area contributed by atoms with Crippen LogP contribution >= 0.6 is 11.6 Å². The minimum Gasteiger partial charge on any atom is -0.399 e.